The first-order chi connectivity index (χ1) is 6.77. The molecule has 0 radical (unpaired) electrons. The summed E-state index contributed by atoms with van der Waals surface area (Å²) >= 11 is 0. The fourth-order valence-electron chi connectivity index (χ4n) is 2.71. The average molecular weight is 216 g/mol. The summed E-state index contributed by atoms with van der Waals surface area (Å²) in [6.07, 6.45) is 5.77. The summed E-state index contributed by atoms with van der Waals surface area (Å²) in [4.78, 5) is 2.60. The molecule has 0 spiro atoms. The van der Waals surface area contributed by atoms with E-state index in [9.17, 15) is 4.21 Å². The van der Waals surface area contributed by atoms with Crippen LogP contribution in [0.1, 0.15) is 19.3 Å². The highest BCUT2D eigenvalue weighted by Gasteiger charge is 2.36. The number of nitrogens with one attached hydrogen (secondary N) is 1. The van der Waals surface area contributed by atoms with Crippen LogP contribution in [0.5, 0.6) is 0 Å². The first-order valence-electron chi connectivity index (χ1n) is 5.55. The normalized spacial score (nSPS) is 34.6. The number of hydrogen-bond donors (Lipinski definition) is 1. The van der Waals surface area contributed by atoms with Crippen LogP contribution in [0.15, 0.2) is 0 Å². The van der Waals surface area contributed by atoms with Gasteiger partial charge in [0, 0.05) is 48.0 Å². The zero-order chi connectivity index (χ0) is 9.97. The third kappa shape index (κ3) is 2.35. The van der Waals surface area contributed by atoms with E-state index < -0.39 is 10.8 Å². The van der Waals surface area contributed by atoms with Crippen molar-refractivity contribution in [2.45, 2.75) is 31.3 Å². The molecule has 2 aliphatic heterocycles. The molecule has 0 amide bonds. The summed E-state index contributed by atoms with van der Waals surface area (Å²) in [5.41, 5.74) is 0. The molecule has 2 fully saturated rings. The van der Waals surface area contributed by atoms with Crippen molar-refractivity contribution in [2.75, 3.05) is 31.6 Å². The van der Waals surface area contributed by atoms with E-state index in [0.717, 1.165) is 18.3 Å². The quantitative estimate of drug-likeness (QED) is 0.728. The van der Waals surface area contributed by atoms with Gasteiger partial charge in [-0.15, -0.1) is 0 Å². The zero-order valence-corrected chi connectivity index (χ0v) is 9.68. The van der Waals surface area contributed by atoms with Crippen molar-refractivity contribution in [2.24, 2.45) is 0 Å². The summed E-state index contributed by atoms with van der Waals surface area (Å²) in [5.74, 6) is 0.795. The Kier molecular flexibility index (Phi) is 3.57. The highest BCUT2D eigenvalue weighted by atomic mass is 32.2. The van der Waals surface area contributed by atoms with Gasteiger partial charge in [0.25, 0.3) is 0 Å². The highest BCUT2D eigenvalue weighted by molar-refractivity contribution is 7.84. The van der Waals surface area contributed by atoms with E-state index in [1.165, 1.54) is 32.4 Å². The van der Waals surface area contributed by atoms with Crippen molar-refractivity contribution in [3.8, 4) is 0 Å². The third-order valence-electron chi connectivity index (χ3n) is 3.40. The zero-order valence-electron chi connectivity index (χ0n) is 8.87. The molecule has 0 aromatic rings. The topological polar surface area (TPSA) is 32.3 Å². The van der Waals surface area contributed by atoms with E-state index >= 15 is 0 Å². The maximum atomic E-state index is 10.9. The molecule has 4 heteroatoms. The van der Waals surface area contributed by atoms with E-state index in [1.54, 1.807) is 6.26 Å². The van der Waals surface area contributed by atoms with Crippen LogP contribution in [0.4, 0.5) is 0 Å². The fraction of sp³-hybridized carbons (Fsp3) is 1.00. The minimum absolute atomic E-state index is 0.648. The van der Waals surface area contributed by atoms with Crippen molar-refractivity contribution in [1.29, 1.82) is 0 Å². The van der Waals surface area contributed by atoms with Gasteiger partial charge in [-0.3, -0.25) is 9.11 Å². The molecule has 2 aliphatic rings. The Morgan fingerprint density at radius 2 is 2.29 bits per heavy atom. The van der Waals surface area contributed by atoms with Crippen LogP contribution >= 0.6 is 0 Å². The summed E-state index contributed by atoms with van der Waals surface area (Å²) in [5, 5.41) is 3.55. The number of nitrogens with zero attached hydrogens (tertiary/aromatic N) is 1. The van der Waals surface area contributed by atoms with Crippen molar-refractivity contribution in [3.63, 3.8) is 0 Å². The van der Waals surface area contributed by atoms with Crippen molar-refractivity contribution in [1.82, 2.24) is 10.2 Å². The summed E-state index contributed by atoms with van der Waals surface area (Å²) in [6.45, 7) is 3.47. The lowest BCUT2D eigenvalue weighted by Crippen LogP contribution is -2.40. The number of fused-ring (bicyclic) bond motifs is 1. The molecule has 0 bridgehead atoms. The fourth-order valence-corrected chi connectivity index (χ4v) is 3.11. The lowest BCUT2D eigenvalue weighted by Gasteiger charge is -2.21. The van der Waals surface area contributed by atoms with Crippen LogP contribution in [0.3, 0.4) is 0 Å². The van der Waals surface area contributed by atoms with Gasteiger partial charge < -0.3 is 5.32 Å². The van der Waals surface area contributed by atoms with Crippen molar-refractivity contribution in [3.05, 3.63) is 0 Å². The standard InChI is InChI=1S/C10H20N2OS/c1-14(13)8-5-11-9-4-7-12-6-2-3-10(9)12/h9-11H,2-8H2,1H3. The molecule has 2 rings (SSSR count). The van der Waals surface area contributed by atoms with Gasteiger partial charge in [0.2, 0.25) is 0 Å². The Balaban J connectivity index is 1.73. The Morgan fingerprint density at radius 3 is 3.07 bits per heavy atom. The SMILES string of the molecule is CS(=O)CCNC1CCN2CCCC12. The summed E-state index contributed by atoms with van der Waals surface area (Å²) in [7, 11) is -0.648. The molecule has 14 heavy (non-hydrogen) atoms. The molecule has 0 aromatic carbocycles. The van der Waals surface area contributed by atoms with Crippen LogP contribution in [-0.4, -0.2) is 52.8 Å². The minimum atomic E-state index is -0.648. The number of hydrogen-bond acceptors (Lipinski definition) is 3. The van der Waals surface area contributed by atoms with E-state index in [0.29, 0.717) is 6.04 Å². The van der Waals surface area contributed by atoms with Crippen LogP contribution in [0.25, 0.3) is 0 Å². The Labute approximate surface area is 88.7 Å². The van der Waals surface area contributed by atoms with Gasteiger partial charge >= 0.3 is 0 Å². The largest absolute Gasteiger partial charge is 0.311 e. The average Bonchev–Trinajstić information content (AvgIpc) is 2.67. The Bertz CT molecular complexity index is 222. The lowest BCUT2D eigenvalue weighted by molar-refractivity contribution is 0.301. The van der Waals surface area contributed by atoms with Crippen molar-refractivity contribution < 1.29 is 4.21 Å². The maximum Gasteiger partial charge on any atom is 0.0357 e. The second-order valence-corrected chi connectivity index (χ2v) is 5.93. The van der Waals surface area contributed by atoms with Crippen LogP contribution in [0.2, 0.25) is 0 Å². The predicted octanol–water partition coefficient (Wildman–Crippen LogP) is 0.191. The first-order valence-corrected chi connectivity index (χ1v) is 7.27. The summed E-state index contributed by atoms with van der Waals surface area (Å²) < 4.78 is 10.9. The van der Waals surface area contributed by atoms with E-state index in [2.05, 4.69) is 10.2 Å². The monoisotopic (exact) mass is 216 g/mol. The highest BCUT2D eigenvalue weighted by Crippen LogP contribution is 2.27. The smallest absolute Gasteiger partial charge is 0.0357 e. The molecule has 82 valence electrons. The molecule has 3 unspecified atom stereocenters. The van der Waals surface area contributed by atoms with Gasteiger partial charge in [-0.1, -0.05) is 0 Å². The molecular weight excluding hydrogens is 196 g/mol. The van der Waals surface area contributed by atoms with E-state index in [-0.39, 0.29) is 0 Å². The lowest BCUT2D eigenvalue weighted by atomic mass is 10.1. The van der Waals surface area contributed by atoms with E-state index in [1.807, 2.05) is 0 Å². The van der Waals surface area contributed by atoms with Crippen LogP contribution < -0.4 is 5.32 Å². The third-order valence-corrected chi connectivity index (χ3v) is 4.18. The van der Waals surface area contributed by atoms with Crippen LogP contribution in [0, 0.1) is 0 Å². The maximum absolute atomic E-state index is 10.9. The van der Waals surface area contributed by atoms with Crippen LogP contribution in [-0.2, 0) is 10.8 Å². The molecule has 3 nitrogen and oxygen atoms in total. The molecule has 0 aliphatic carbocycles. The molecule has 3 atom stereocenters. The van der Waals surface area contributed by atoms with E-state index in [4.69, 9.17) is 0 Å². The van der Waals surface area contributed by atoms with Gasteiger partial charge in [-0.2, -0.15) is 0 Å². The molecule has 0 aromatic heterocycles. The predicted molar refractivity (Wildman–Crippen MR) is 59.9 cm³/mol. The Morgan fingerprint density at radius 1 is 1.43 bits per heavy atom. The molecule has 0 saturated carbocycles. The molecule has 2 heterocycles. The van der Waals surface area contributed by atoms with Gasteiger partial charge in [-0.05, 0) is 25.8 Å². The molecule has 1 N–H and O–H groups in total. The second-order valence-electron chi connectivity index (χ2n) is 4.37. The van der Waals surface area contributed by atoms with Gasteiger partial charge in [-0.25, -0.2) is 0 Å². The molecule has 2 saturated heterocycles. The minimum Gasteiger partial charge on any atom is -0.311 e. The van der Waals surface area contributed by atoms with Gasteiger partial charge in [0.05, 0.1) is 0 Å². The van der Waals surface area contributed by atoms with Gasteiger partial charge in [0.15, 0.2) is 0 Å². The summed E-state index contributed by atoms with van der Waals surface area (Å²) in [6, 6.07) is 1.45. The molecular formula is C10H20N2OS. The number of rotatable bonds is 4. The first kappa shape index (κ1) is 10.6. The van der Waals surface area contributed by atoms with Crippen molar-refractivity contribution >= 4 is 10.8 Å². The van der Waals surface area contributed by atoms with Gasteiger partial charge in [0.1, 0.15) is 0 Å². The Hall–Kier alpha value is 0.0700. The second kappa shape index (κ2) is 4.73.